The van der Waals surface area contributed by atoms with Crippen LogP contribution in [0.2, 0.25) is 0 Å². The Morgan fingerprint density at radius 3 is 2.97 bits per heavy atom. The lowest BCUT2D eigenvalue weighted by molar-refractivity contribution is -0.131. The Morgan fingerprint density at radius 2 is 2.20 bits per heavy atom. The van der Waals surface area contributed by atoms with Gasteiger partial charge in [0.1, 0.15) is 11.9 Å². The zero-order valence-corrected chi connectivity index (χ0v) is 21.6. The molecular weight excluding hydrogens is 460 g/mol. The number of benzene rings is 1. The van der Waals surface area contributed by atoms with Gasteiger partial charge in [-0.05, 0) is 104 Å². The first-order chi connectivity index (χ1) is 16.8. The summed E-state index contributed by atoms with van der Waals surface area (Å²) in [6, 6.07) is 6.23. The molecule has 0 spiro atoms. The highest BCUT2D eigenvalue weighted by Crippen LogP contribution is 2.63. The number of thiazole rings is 1. The Balaban J connectivity index is 1.15. The predicted octanol–water partition coefficient (Wildman–Crippen LogP) is 5.44. The third-order valence-corrected chi connectivity index (χ3v) is 10.2. The van der Waals surface area contributed by atoms with Gasteiger partial charge in [-0.1, -0.05) is 13.0 Å². The van der Waals surface area contributed by atoms with Crippen molar-refractivity contribution in [2.24, 2.45) is 23.2 Å². The second-order valence-electron chi connectivity index (χ2n) is 11.4. The van der Waals surface area contributed by atoms with Gasteiger partial charge in [0.2, 0.25) is 0 Å². The summed E-state index contributed by atoms with van der Waals surface area (Å²) >= 11 is 1.67. The van der Waals surface area contributed by atoms with Crippen molar-refractivity contribution in [3.63, 3.8) is 0 Å². The number of anilines is 1. The van der Waals surface area contributed by atoms with Gasteiger partial charge in [-0.15, -0.1) is 11.3 Å². The van der Waals surface area contributed by atoms with Gasteiger partial charge in [-0.3, -0.25) is 4.79 Å². The normalized spacial score (nSPS) is 37.2. The highest BCUT2D eigenvalue weighted by Gasteiger charge is 2.58. The number of rotatable bonds is 6. The molecule has 8 unspecified atom stereocenters. The van der Waals surface area contributed by atoms with Crippen LogP contribution in [0.5, 0.6) is 5.75 Å². The van der Waals surface area contributed by atoms with Crippen LogP contribution in [0.15, 0.2) is 24.4 Å². The van der Waals surface area contributed by atoms with Gasteiger partial charge in [0.25, 0.3) is 0 Å². The molecular formula is C28H36N2O4S. The zero-order chi connectivity index (χ0) is 24.3. The van der Waals surface area contributed by atoms with E-state index < -0.39 is 0 Å². The number of aliphatic hydroxyl groups is 1. The molecule has 8 atom stereocenters. The maximum absolute atomic E-state index is 11.4. The van der Waals surface area contributed by atoms with Crippen molar-refractivity contribution in [3.8, 4) is 5.75 Å². The van der Waals surface area contributed by atoms with Gasteiger partial charge < -0.3 is 19.9 Å². The highest BCUT2D eigenvalue weighted by molar-refractivity contribution is 7.15. The van der Waals surface area contributed by atoms with Crippen LogP contribution in [0.25, 0.3) is 0 Å². The number of ether oxygens (including phenoxy) is 2. The van der Waals surface area contributed by atoms with Crippen molar-refractivity contribution in [2.45, 2.75) is 90.1 Å². The molecule has 6 nitrogen and oxygen atoms in total. The van der Waals surface area contributed by atoms with Crippen LogP contribution in [0, 0.1) is 30.1 Å². The first-order valence-corrected chi connectivity index (χ1v) is 14.0. The molecule has 7 heteroatoms. The Morgan fingerprint density at radius 1 is 1.34 bits per heavy atom. The summed E-state index contributed by atoms with van der Waals surface area (Å²) in [6.45, 7) is 5.87. The van der Waals surface area contributed by atoms with Crippen molar-refractivity contribution >= 4 is 22.4 Å². The lowest BCUT2D eigenvalue weighted by Crippen LogP contribution is -2.45. The number of nitrogens with zero attached hydrogens (tertiary/aromatic N) is 1. The fraction of sp³-hybridized carbons (Fsp3) is 0.643. The number of aryl methyl sites for hydroxylation is 2. The van der Waals surface area contributed by atoms with Crippen LogP contribution in [0.4, 0.5) is 5.13 Å². The molecule has 2 aromatic rings. The van der Waals surface area contributed by atoms with Crippen LogP contribution in [0.3, 0.4) is 0 Å². The molecule has 0 bridgehead atoms. The maximum atomic E-state index is 11.4. The lowest BCUT2D eigenvalue weighted by atomic mass is 9.53. The van der Waals surface area contributed by atoms with Gasteiger partial charge in [0, 0.05) is 18.0 Å². The Kier molecular flexibility index (Phi) is 5.93. The van der Waals surface area contributed by atoms with E-state index in [0.717, 1.165) is 50.1 Å². The summed E-state index contributed by atoms with van der Waals surface area (Å²) in [6.07, 6.45) is 9.44. The largest absolute Gasteiger partial charge is 0.427 e. The third kappa shape index (κ3) is 4.30. The van der Waals surface area contributed by atoms with E-state index >= 15 is 0 Å². The minimum atomic E-state index is -0.270. The quantitative estimate of drug-likeness (QED) is 0.315. The van der Waals surface area contributed by atoms with Gasteiger partial charge in [-0.2, -0.15) is 0 Å². The molecule has 1 aliphatic heterocycles. The van der Waals surface area contributed by atoms with Crippen molar-refractivity contribution < 1.29 is 19.4 Å². The number of carbonyl (C=O) groups is 1. The third-order valence-electron chi connectivity index (χ3n) is 9.34. The van der Waals surface area contributed by atoms with Crippen LogP contribution in [0.1, 0.15) is 74.3 Å². The number of hydrogen-bond donors (Lipinski definition) is 2. The highest BCUT2D eigenvalue weighted by atomic mass is 32.1. The molecule has 1 aromatic carbocycles. The van der Waals surface area contributed by atoms with E-state index in [4.69, 9.17) is 9.47 Å². The minimum Gasteiger partial charge on any atom is -0.427 e. The molecule has 2 N–H and O–H groups in total. The molecule has 0 radical (unpaired) electrons. The fourth-order valence-corrected chi connectivity index (χ4v) is 8.44. The van der Waals surface area contributed by atoms with E-state index in [1.165, 1.54) is 22.9 Å². The van der Waals surface area contributed by atoms with Crippen molar-refractivity contribution in [1.82, 2.24) is 4.98 Å². The van der Waals surface area contributed by atoms with Crippen molar-refractivity contribution in [1.29, 1.82) is 0 Å². The van der Waals surface area contributed by atoms with E-state index in [9.17, 15) is 9.90 Å². The van der Waals surface area contributed by atoms with E-state index in [1.54, 1.807) is 11.3 Å². The summed E-state index contributed by atoms with van der Waals surface area (Å²) < 4.78 is 11.3. The fourth-order valence-electron chi connectivity index (χ4n) is 7.75. The van der Waals surface area contributed by atoms with Crippen LogP contribution < -0.4 is 10.1 Å². The molecule has 6 rings (SSSR count). The Hall–Kier alpha value is -1.96. The van der Waals surface area contributed by atoms with Crippen LogP contribution in [-0.2, 0) is 16.0 Å². The SMILES string of the molecule is CC(=O)Oc1ccc2c(c1)CCC1C2CCC2(C)C(O)CC(CCC3OC3Nc3ncc(C)s3)C12. The molecule has 2 saturated carbocycles. The number of hydrogen-bond acceptors (Lipinski definition) is 7. The first kappa shape index (κ1) is 23.4. The summed E-state index contributed by atoms with van der Waals surface area (Å²) in [5, 5.41) is 15.5. The van der Waals surface area contributed by atoms with Gasteiger partial charge in [0.05, 0.1) is 6.10 Å². The van der Waals surface area contributed by atoms with Gasteiger partial charge >= 0.3 is 5.97 Å². The van der Waals surface area contributed by atoms with Crippen molar-refractivity contribution in [2.75, 3.05) is 5.32 Å². The number of epoxide rings is 1. The average molecular weight is 497 g/mol. The minimum absolute atomic E-state index is 0.0154. The molecule has 2 heterocycles. The Bertz CT molecular complexity index is 1120. The molecule has 4 aliphatic rings. The average Bonchev–Trinajstić information content (AvgIpc) is 3.33. The van der Waals surface area contributed by atoms with E-state index in [0.29, 0.717) is 29.4 Å². The monoisotopic (exact) mass is 496 g/mol. The lowest BCUT2D eigenvalue weighted by Gasteiger charge is -2.51. The molecule has 188 valence electrons. The second-order valence-corrected chi connectivity index (χ2v) is 12.7. The van der Waals surface area contributed by atoms with E-state index in [2.05, 4.69) is 36.3 Å². The second kappa shape index (κ2) is 8.86. The summed E-state index contributed by atoms with van der Waals surface area (Å²) in [5.41, 5.74) is 2.79. The molecule has 35 heavy (non-hydrogen) atoms. The molecule has 3 aliphatic carbocycles. The Labute approximate surface area is 211 Å². The number of aromatic nitrogens is 1. The topological polar surface area (TPSA) is 84.0 Å². The van der Waals surface area contributed by atoms with Crippen LogP contribution >= 0.6 is 11.3 Å². The van der Waals surface area contributed by atoms with Crippen molar-refractivity contribution in [3.05, 3.63) is 40.4 Å². The van der Waals surface area contributed by atoms with E-state index in [1.807, 2.05) is 12.3 Å². The van der Waals surface area contributed by atoms with Crippen LogP contribution in [-0.4, -0.2) is 34.5 Å². The number of carbonyl (C=O) groups excluding carboxylic acids is 1. The predicted molar refractivity (Wildman–Crippen MR) is 136 cm³/mol. The standard InChI is InChI=1S/C28H36N2O4S/c1-15-14-29-27(35-15)30-26-23(34-26)9-5-18-13-24(32)28(3)11-10-21-20-8-6-19(33-16(2)31)12-17(20)4-7-22(21)25(18)28/h6,8,12,14,18,21-26,32H,4-5,7,9-11,13H2,1-3H3,(H,29,30). The molecule has 1 aromatic heterocycles. The summed E-state index contributed by atoms with van der Waals surface area (Å²) in [5.74, 6) is 2.62. The molecule has 0 amide bonds. The number of esters is 1. The molecule has 3 fully saturated rings. The number of nitrogens with one attached hydrogen (secondary N) is 1. The van der Waals surface area contributed by atoms with Gasteiger partial charge in [-0.25, -0.2) is 4.98 Å². The number of fused-ring (bicyclic) bond motifs is 5. The smallest absolute Gasteiger partial charge is 0.308 e. The van der Waals surface area contributed by atoms with E-state index in [-0.39, 0.29) is 29.8 Å². The summed E-state index contributed by atoms with van der Waals surface area (Å²) in [4.78, 5) is 17.0. The maximum Gasteiger partial charge on any atom is 0.308 e. The summed E-state index contributed by atoms with van der Waals surface area (Å²) in [7, 11) is 0. The molecule has 1 saturated heterocycles. The zero-order valence-electron chi connectivity index (χ0n) is 20.8. The number of aliphatic hydroxyl groups excluding tert-OH is 1. The van der Waals surface area contributed by atoms with Gasteiger partial charge in [0.15, 0.2) is 11.4 Å². The first-order valence-electron chi connectivity index (χ1n) is 13.2.